The molecule has 2 heteroatoms. The molecule has 1 heterocycles. The van der Waals surface area contributed by atoms with Crippen molar-refractivity contribution < 1.29 is 0 Å². The molecule has 0 bridgehead atoms. The topological polar surface area (TPSA) is 27.8 Å². The van der Waals surface area contributed by atoms with Gasteiger partial charge in [-0.25, -0.2) is 0 Å². The van der Waals surface area contributed by atoms with Crippen molar-refractivity contribution in [2.75, 3.05) is 6.54 Å². The van der Waals surface area contributed by atoms with Crippen LogP contribution < -0.4 is 5.32 Å². The molecule has 2 N–H and O–H groups in total. The predicted molar refractivity (Wildman–Crippen MR) is 98.8 cm³/mol. The Morgan fingerprint density at radius 2 is 1.78 bits per heavy atom. The Labute approximate surface area is 138 Å². The van der Waals surface area contributed by atoms with Gasteiger partial charge in [-0.15, -0.1) is 0 Å². The minimum Gasteiger partial charge on any atom is -0.361 e. The van der Waals surface area contributed by atoms with Gasteiger partial charge in [0.1, 0.15) is 0 Å². The van der Waals surface area contributed by atoms with Gasteiger partial charge >= 0.3 is 0 Å². The third-order valence-corrected chi connectivity index (χ3v) is 4.46. The molecule has 3 rings (SSSR count). The van der Waals surface area contributed by atoms with Gasteiger partial charge in [-0.2, -0.15) is 0 Å². The second-order valence-electron chi connectivity index (χ2n) is 6.24. The number of H-pyrrole nitrogens is 1. The normalized spacial score (nSPS) is 12.6. The molecule has 3 aromatic rings. The van der Waals surface area contributed by atoms with Crippen molar-refractivity contribution in [1.82, 2.24) is 10.3 Å². The number of benzene rings is 2. The van der Waals surface area contributed by atoms with Crippen LogP contribution >= 0.6 is 0 Å². The molecule has 0 aliphatic rings. The summed E-state index contributed by atoms with van der Waals surface area (Å²) in [4.78, 5) is 3.36. The summed E-state index contributed by atoms with van der Waals surface area (Å²) in [6.07, 6.45) is 6.78. The first-order valence-electron chi connectivity index (χ1n) is 8.69. The summed E-state index contributed by atoms with van der Waals surface area (Å²) >= 11 is 0. The first kappa shape index (κ1) is 15.8. The van der Waals surface area contributed by atoms with Gasteiger partial charge in [0.15, 0.2) is 0 Å². The van der Waals surface area contributed by atoms with Gasteiger partial charge in [-0.05, 0) is 43.0 Å². The average molecular weight is 306 g/mol. The lowest BCUT2D eigenvalue weighted by Crippen LogP contribution is -2.32. The molecule has 23 heavy (non-hydrogen) atoms. The fourth-order valence-corrected chi connectivity index (χ4v) is 3.27. The summed E-state index contributed by atoms with van der Waals surface area (Å²) in [5.41, 5.74) is 4.06. The Kier molecular flexibility index (Phi) is 5.49. The van der Waals surface area contributed by atoms with Crippen molar-refractivity contribution in [3.05, 3.63) is 71.9 Å². The SMILES string of the molecule is CCCC(Cc1ccccc1)NCCc1c[nH]c2ccccc12. The molecule has 0 radical (unpaired) electrons. The Hall–Kier alpha value is -2.06. The van der Waals surface area contributed by atoms with Crippen LogP contribution in [0.1, 0.15) is 30.9 Å². The van der Waals surface area contributed by atoms with Gasteiger partial charge in [0, 0.05) is 23.1 Å². The Bertz CT molecular complexity index is 715. The zero-order valence-electron chi connectivity index (χ0n) is 13.9. The minimum atomic E-state index is 0.563. The summed E-state index contributed by atoms with van der Waals surface area (Å²) in [7, 11) is 0. The van der Waals surface area contributed by atoms with E-state index in [4.69, 9.17) is 0 Å². The van der Waals surface area contributed by atoms with Crippen LogP contribution in [0.5, 0.6) is 0 Å². The number of aromatic amines is 1. The van der Waals surface area contributed by atoms with E-state index in [0.717, 1.165) is 19.4 Å². The molecule has 0 saturated carbocycles. The highest BCUT2D eigenvalue weighted by Crippen LogP contribution is 2.18. The molecule has 1 atom stereocenters. The lowest BCUT2D eigenvalue weighted by Gasteiger charge is -2.18. The van der Waals surface area contributed by atoms with Crippen LogP contribution in [0.25, 0.3) is 10.9 Å². The maximum absolute atomic E-state index is 3.76. The maximum Gasteiger partial charge on any atom is 0.0456 e. The second-order valence-corrected chi connectivity index (χ2v) is 6.24. The summed E-state index contributed by atoms with van der Waals surface area (Å²) in [6.45, 7) is 3.29. The van der Waals surface area contributed by atoms with Crippen molar-refractivity contribution in [3.8, 4) is 0 Å². The van der Waals surface area contributed by atoms with E-state index >= 15 is 0 Å². The molecule has 1 unspecified atom stereocenters. The van der Waals surface area contributed by atoms with Crippen molar-refractivity contribution >= 4 is 10.9 Å². The summed E-state index contributed by atoms with van der Waals surface area (Å²) < 4.78 is 0. The third kappa shape index (κ3) is 4.23. The van der Waals surface area contributed by atoms with Crippen LogP contribution in [0, 0.1) is 0 Å². The fourth-order valence-electron chi connectivity index (χ4n) is 3.27. The predicted octanol–water partition coefficient (Wildman–Crippen LogP) is 4.71. The summed E-state index contributed by atoms with van der Waals surface area (Å²) in [6, 6.07) is 19.9. The smallest absolute Gasteiger partial charge is 0.0456 e. The average Bonchev–Trinajstić information content (AvgIpc) is 2.99. The van der Waals surface area contributed by atoms with Gasteiger partial charge in [0.2, 0.25) is 0 Å². The largest absolute Gasteiger partial charge is 0.361 e. The summed E-state index contributed by atoms with van der Waals surface area (Å²) in [5.74, 6) is 0. The van der Waals surface area contributed by atoms with Crippen molar-refractivity contribution in [2.24, 2.45) is 0 Å². The van der Waals surface area contributed by atoms with Crippen molar-refractivity contribution in [3.63, 3.8) is 0 Å². The summed E-state index contributed by atoms with van der Waals surface area (Å²) in [5, 5.41) is 5.11. The van der Waals surface area contributed by atoms with E-state index in [1.807, 2.05) is 0 Å². The molecule has 2 nitrogen and oxygen atoms in total. The Balaban J connectivity index is 1.56. The fraction of sp³-hybridized carbons (Fsp3) is 0.333. The number of nitrogens with one attached hydrogen (secondary N) is 2. The van der Waals surface area contributed by atoms with Crippen LogP contribution in [0.15, 0.2) is 60.8 Å². The molecule has 0 spiro atoms. The van der Waals surface area contributed by atoms with Crippen molar-refractivity contribution in [1.29, 1.82) is 0 Å². The molecule has 120 valence electrons. The van der Waals surface area contributed by atoms with Crippen LogP contribution in [-0.4, -0.2) is 17.6 Å². The molecular weight excluding hydrogens is 280 g/mol. The van der Waals surface area contributed by atoms with Crippen LogP contribution in [0.4, 0.5) is 0 Å². The first-order valence-corrected chi connectivity index (χ1v) is 8.69. The quantitative estimate of drug-likeness (QED) is 0.619. The highest BCUT2D eigenvalue weighted by atomic mass is 14.9. The molecule has 0 saturated heterocycles. The van der Waals surface area contributed by atoms with E-state index in [1.54, 1.807) is 0 Å². The number of para-hydroxylation sites is 1. The molecular formula is C21H26N2. The second kappa shape index (κ2) is 7.98. The van der Waals surface area contributed by atoms with E-state index in [9.17, 15) is 0 Å². The zero-order chi connectivity index (χ0) is 15.9. The number of rotatable bonds is 8. The molecule has 1 aromatic heterocycles. The maximum atomic E-state index is 3.76. The minimum absolute atomic E-state index is 0.563. The third-order valence-electron chi connectivity index (χ3n) is 4.46. The molecule has 0 amide bonds. The molecule has 2 aromatic carbocycles. The van der Waals surface area contributed by atoms with Crippen LogP contribution in [-0.2, 0) is 12.8 Å². The molecule has 0 aliphatic heterocycles. The molecule has 0 aliphatic carbocycles. The number of aromatic nitrogens is 1. The standard InChI is InChI=1S/C21H26N2/c1-2-8-19(15-17-9-4-3-5-10-17)22-14-13-18-16-23-21-12-7-6-11-20(18)21/h3-7,9-12,16,19,22-23H,2,8,13-15H2,1H3. The van der Waals surface area contributed by atoms with Crippen LogP contribution in [0.3, 0.4) is 0 Å². The number of fused-ring (bicyclic) bond motifs is 1. The lowest BCUT2D eigenvalue weighted by molar-refractivity contribution is 0.476. The van der Waals surface area contributed by atoms with Crippen molar-refractivity contribution in [2.45, 2.75) is 38.6 Å². The number of hydrogen-bond acceptors (Lipinski definition) is 1. The van der Waals surface area contributed by atoms with Gasteiger partial charge in [-0.1, -0.05) is 61.9 Å². The van der Waals surface area contributed by atoms with Gasteiger partial charge in [0.05, 0.1) is 0 Å². The van der Waals surface area contributed by atoms with Crippen LogP contribution in [0.2, 0.25) is 0 Å². The van der Waals surface area contributed by atoms with Gasteiger partial charge < -0.3 is 10.3 Å². The van der Waals surface area contributed by atoms with E-state index in [1.165, 1.54) is 34.9 Å². The van der Waals surface area contributed by atoms with Gasteiger partial charge in [0.25, 0.3) is 0 Å². The Morgan fingerprint density at radius 1 is 1.00 bits per heavy atom. The van der Waals surface area contributed by atoms with E-state index < -0.39 is 0 Å². The lowest BCUT2D eigenvalue weighted by atomic mass is 10.0. The zero-order valence-corrected chi connectivity index (χ0v) is 13.9. The van der Waals surface area contributed by atoms with Gasteiger partial charge in [-0.3, -0.25) is 0 Å². The van der Waals surface area contributed by atoms with E-state index in [2.05, 4.69) is 78.0 Å². The first-order chi connectivity index (χ1) is 11.4. The highest BCUT2D eigenvalue weighted by Gasteiger charge is 2.09. The highest BCUT2D eigenvalue weighted by molar-refractivity contribution is 5.83. The van der Waals surface area contributed by atoms with E-state index in [-0.39, 0.29) is 0 Å². The molecule has 0 fully saturated rings. The number of hydrogen-bond donors (Lipinski definition) is 2. The Morgan fingerprint density at radius 3 is 2.61 bits per heavy atom. The monoisotopic (exact) mass is 306 g/mol. The van der Waals surface area contributed by atoms with E-state index in [0.29, 0.717) is 6.04 Å².